The van der Waals surface area contributed by atoms with Crippen LogP contribution in [-0.2, 0) is 6.54 Å². The number of hydrogen-bond acceptors (Lipinski definition) is 5. The van der Waals surface area contributed by atoms with Gasteiger partial charge in [0.15, 0.2) is 5.75 Å². The first kappa shape index (κ1) is 12.8. The SMILES string of the molecule is COc1ccc(CN2CCC(O)C2)cc1[N+](=O)[O-]. The van der Waals surface area contributed by atoms with E-state index in [9.17, 15) is 15.2 Å². The summed E-state index contributed by atoms with van der Waals surface area (Å²) in [6.07, 6.45) is 0.483. The van der Waals surface area contributed by atoms with Crippen molar-refractivity contribution in [3.8, 4) is 5.75 Å². The van der Waals surface area contributed by atoms with Crippen LogP contribution in [0.1, 0.15) is 12.0 Å². The van der Waals surface area contributed by atoms with Crippen molar-refractivity contribution in [3.63, 3.8) is 0 Å². The van der Waals surface area contributed by atoms with Gasteiger partial charge >= 0.3 is 5.69 Å². The molecule has 18 heavy (non-hydrogen) atoms. The van der Waals surface area contributed by atoms with Crippen LogP contribution in [0, 0.1) is 10.1 Å². The predicted molar refractivity (Wildman–Crippen MR) is 65.5 cm³/mol. The van der Waals surface area contributed by atoms with E-state index in [-0.39, 0.29) is 17.5 Å². The summed E-state index contributed by atoms with van der Waals surface area (Å²) in [7, 11) is 1.42. The standard InChI is InChI=1S/C12H16N2O4/c1-18-12-3-2-9(6-11(12)14(16)17)7-13-5-4-10(15)8-13/h2-3,6,10,15H,4-5,7-8H2,1H3. The van der Waals surface area contributed by atoms with Crippen molar-refractivity contribution in [2.45, 2.75) is 19.1 Å². The fraction of sp³-hybridized carbons (Fsp3) is 0.500. The molecule has 1 N–H and O–H groups in total. The first-order valence-electron chi connectivity index (χ1n) is 5.82. The summed E-state index contributed by atoms with van der Waals surface area (Å²) in [5.74, 6) is 0.269. The molecule has 98 valence electrons. The quantitative estimate of drug-likeness (QED) is 0.643. The lowest BCUT2D eigenvalue weighted by molar-refractivity contribution is -0.385. The van der Waals surface area contributed by atoms with Crippen LogP contribution >= 0.6 is 0 Å². The van der Waals surface area contributed by atoms with E-state index in [4.69, 9.17) is 4.74 Å². The fourth-order valence-corrected chi connectivity index (χ4v) is 2.19. The number of nitro groups is 1. The van der Waals surface area contributed by atoms with E-state index in [1.54, 1.807) is 6.07 Å². The molecule has 1 fully saturated rings. The molecule has 1 aliphatic heterocycles. The van der Waals surface area contributed by atoms with Crippen LogP contribution in [0.3, 0.4) is 0 Å². The van der Waals surface area contributed by atoms with Gasteiger partial charge in [-0.15, -0.1) is 0 Å². The minimum Gasteiger partial charge on any atom is -0.490 e. The molecule has 2 rings (SSSR count). The van der Waals surface area contributed by atoms with E-state index in [0.29, 0.717) is 13.1 Å². The zero-order valence-corrected chi connectivity index (χ0v) is 10.2. The lowest BCUT2D eigenvalue weighted by Crippen LogP contribution is -2.21. The third kappa shape index (κ3) is 2.77. The fourth-order valence-electron chi connectivity index (χ4n) is 2.19. The highest BCUT2D eigenvalue weighted by Crippen LogP contribution is 2.28. The number of likely N-dealkylation sites (tertiary alicyclic amines) is 1. The Balaban J connectivity index is 2.14. The van der Waals surface area contributed by atoms with Gasteiger partial charge in [0.2, 0.25) is 0 Å². The number of methoxy groups -OCH3 is 1. The van der Waals surface area contributed by atoms with Gasteiger partial charge in [0.25, 0.3) is 0 Å². The monoisotopic (exact) mass is 252 g/mol. The van der Waals surface area contributed by atoms with Crippen LogP contribution in [0.2, 0.25) is 0 Å². The van der Waals surface area contributed by atoms with Crippen molar-refractivity contribution in [3.05, 3.63) is 33.9 Å². The molecule has 0 aromatic heterocycles. The number of aliphatic hydroxyl groups excluding tert-OH is 1. The van der Waals surface area contributed by atoms with Gasteiger partial charge in [-0.1, -0.05) is 6.07 Å². The summed E-state index contributed by atoms with van der Waals surface area (Å²) >= 11 is 0. The maximum atomic E-state index is 10.9. The first-order valence-corrected chi connectivity index (χ1v) is 5.82. The largest absolute Gasteiger partial charge is 0.490 e. The Hall–Kier alpha value is -1.66. The molecule has 6 nitrogen and oxygen atoms in total. The van der Waals surface area contributed by atoms with Gasteiger partial charge < -0.3 is 9.84 Å². The molecule has 1 aliphatic rings. The molecule has 1 heterocycles. The Labute approximate surface area is 105 Å². The molecular formula is C12H16N2O4. The van der Waals surface area contributed by atoms with Crippen molar-refractivity contribution in [1.29, 1.82) is 0 Å². The van der Waals surface area contributed by atoms with Crippen LogP contribution < -0.4 is 4.74 Å². The molecule has 1 aromatic rings. The molecular weight excluding hydrogens is 236 g/mol. The Morgan fingerprint density at radius 1 is 1.61 bits per heavy atom. The highest BCUT2D eigenvalue weighted by molar-refractivity contribution is 5.48. The van der Waals surface area contributed by atoms with Crippen molar-refractivity contribution < 1.29 is 14.8 Å². The average molecular weight is 252 g/mol. The van der Waals surface area contributed by atoms with E-state index < -0.39 is 4.92 Å². The minimum atomic E-state index is -0.443. The van der Waals surface area contributed by atoms with Gasteiger partial charge in [0.05, 0.1) is 18.1 Å². The normalized spacial score (nSPS) is 20.0. The minimum absolute atomic E-state index is 0.0188. The Bertz CT molecular complexity index is 450. The second kappa shape index (κ2) is 5.32. The van der Waals surface area contributed by atoms with Crippen molar-refractivity contribution >= 4 is 5.69 Å². The molecule has 0 spiro atoms. The number of ether oxygens (including phenoxy) is 1. The number of hydrogen-bond donors (Lipinski definition) is 1. The van der Waals surface area contributed by atoms with Crippen molar-refractivity contribution in [2.24, 2.45) is 0 Å². The summed E-state index contributed by atoms with van der Waals surface area (Å²) in [6.45, 7) is 2.06. The second-order valence-electron chi connectivity index (χ2n) is 4.44. The third-order valence-electron chi connectivity index (χ3n) is 3.09. The van der Waals surface area contributed by atoms with E-state index in [1.807, 2.05) is 6.07 Å². The molecule has 0 amide bonds. The van der Waals surface area contributed by atoms with Crippen molar-refractivity contribution in [1.82, 2.24) is 4.90 Å². The van der Waals surface area contributed by atoms with Crippen LogP contribution in [0.15, 0.2) is 18.2 Å². The molecule has 1 unspecified atom stereocenters. The first-order chi connectivity index (χ1) is 8.60. The maximum absolute atomic E-state index is 10.9. The second-order valence-corrected chi connectivity index (χ2v) is 4.44. The van der Waals surface area contributed by atoms with Crippen LogP contribution in [0.4, 0.5) is 5.69 Å². The van der Waals surface area contributed by atoms with E-state index >= 15 is 0 Å². The molecule has 1 atom stereocenters. The summed E-state index contributed by atoms with van der Waals surface area (Å²) in [5, 5.41) is 20.3. The van der Waals surface area contributed by atoms with E-state index in [1.165, 1.54) is 13.2 Å². The highest BCUT2D eigenvalue weighted by atomic mass is 16.6. The topological polar surface area (TPSA) is 75.8 Å². The van der Waals surface area contributed by atoms with Crippen molar-refractivity contribution in [2.75, 3.05) is 20.2 Å². The lowest BCUT2D eigenvalue weighted by Gasteiger charge is -2.15. The third-order valence-corrected chi connectivity index (χ3v) is 3.09. The summed E-state index contributed by atoms with van der Waals surface area (Å²) < 4.78 is 4.95. The molecule has 6 heteroatoms. The van der Waals surface area contributed by atoms with Gasteiger partial charge in [0, 0.05) is 25.7 Å². The van der Waals surface area contributed by atoms with E-state index in [0.717, 1.165) is 18.5 Å². The zero-order chi connectivity index (χ0) is 13.1. The number of nitrogens with zero attached hydrogens (tertiary/aromatic N) is 2. The lowest BCUT2D eigenvalue weighted by atomic mass is 10.2. The molecule has 0 bridgehead atoms. The average Bonchev–Trinajstić information content (AvgIpc) is 2.74. The number of β-amino-alcohol motifs (C(OH)–C–C–N with tert-alkyl or cyclic N) is 1. The molecule has 1 saturated heterocycles. The van der Waals surface area contributed by atoms with E-state index in [2.05, 4.69) is 4.90 Å². The number of aliphatic hydroxyl groups is 1. The van der Waals surface area contributed by atoms with Crippen LogP contribution in [-0.4, -0.2) is 41.2 Å². The molecule has 0 radical (unpaired) electrons. The molecule has 0 aliphatic carbocycles. The Kier molecular flexibility index (Phi) is 3.78. The van der Waals surface area contributed by atoms with Gasteiger partial charge in [-0.2, -0.15) is 0 Å². The highest BCUT2D eigenvalue weighted by Gasteiger charge is 2.21. The Morgan fingerprint density at radius 2 is 2.39 bits per heavy atom. The van der Waals surface area contributed by atoms with Gasteiger partial charge in [-0.05, 0) is 18.1 Å². The summed E-state index contributed by atoms with van der Waals surface area (Å²) in [4.78, 5) is 12.5. The molecule has 0 saturated carbocycles. The predicted octanol–water partition coefficient (Wildman–Crippen LogP) is 1.17. The van der Waals surface area contributed by atoms with Crippen LogP contribution in [0.5, 0.6) is 5.75 Å². The van der Waals surface area contributed by atoms with Gasteiger partial charge in [-0.25, -0.2) is 0 Å². The maximum Gasteiger partial charge on any atom is 0.311 e. The smallest absolute Gasteiger partial charge is 0.311 e. The number of rotatable bonds is 4. The molecule has 1 aromatic carbocycles. The zero-order valence-electron chi connectivity index (χ0n) is 10.2. The Morgan fingerprint density at radius 3 is 2.94 bits per heavy atom. The summed E-state index contributed by atoms with van der Waals surface area (Å²) in [6, 6.07) is 4.96. The van der Waals surface area contributed by atoms with Crippen LogP contribution in [0.25, 0.3) is 0 Å². The number of nitro benzene ring substituents is 1. The van der Waals surface area contributed by atoms with Gasteiger partial charge in [-0.3, -0.25) is 15.0 Å². The van der Waals surface area contributed by atoms with Gasteiger partial charge in [0.1, 0.15) is 0 Å². The summed E-state index contributed by atoms with van der Waals surface area (Å²) in [5.41, 5.74) is 0.839. The number of benzene rings is 1.